The van der Waals surface area contributed by atoms with Gasteiger partial charge in [0.05, 0.1) is 26.7 Å². The molecule has 0 aliphatic heterocycles. The Hall–Kier alpha value is -4.10. The molecular formula is C34H27O4P2. The van der Waals surface area contributed by atoms with E-state index in [9.17, 15) is 0 Å². The first-order chi connectivity index (χ1) is 19.8. The van der Waals surface area contributed by atoms with E-state index in [1.807, 2.05) is 42.5 Å². The molecule has 4 aromatic carbocycles. The van der Waals surface area contributed by atoms with Gasteiger partial charge in [0.2, 0.25) is 0 Å². The zero-order chi connectivity index (χ0) is 27.3. The summed E-state index contributed by atoms with van der Waals surface area (Å²) < 4.78 is 23.6. The molecular weight excluding hydrogens is 534 g/mol. The molecule has 0 saturated heterocycles. The van der Waals surface area contributed by atoms with Gasteiger partial charge in [-0.3, -0.25) is 0 Å². The van der Waals surface area contributed by atoms with E-state index in [0.717, 1.165) is 44.8 Å². The van der Waals surface area contributed by atoms with E-state index < -0.39 is 15.2 Å². The highest BCUT2D eigenvalue weighted by molar-refractivity contribution is 8.41. The third-order valence-electron chi connectivity index (χ3n) is 6.57. The Bertz CT molecular complexity index is 1660. The number of hydrogen-bond acceptors (Lipinski definition) is 4. The third kappa shape index (κ3) is 5.09. The van der Waals surface area contributed by atoms with Crippen LogP contribution < -0.4 is 30.9 Å². The molecule has 197 valence electrons. The average Bonchev–Trinajstić information content (AvgIpc) is 3.76. The zero-order valence-corrected chi connectivity index (χ0v) is 23.9. The van der Waals surface area contributed by atoms with Gasteiger partial charge < -0.3 is 18.3 Å². The molecule has 6 aromatic rings. The van der Waals surface area contributed by atoms with Crippen LogP contribution in [-0.4, -0.2) is 14.2 Å². The van der Waals surface area contributed by atoms with Gasteiger partial charge in [-0.15, -0.1) is 0 Å². The second-order valence-electron chi connectivity index (χ2n) is 8.90. The van der Waals surface area contributed by atoms with Gasteiger partial charge in [0.15, 0.2) is 0 Å². The van der Waals surface area contributed by atoms with E-state index in [1.165, 1.54) is 10.6 Å². The number of ether oxygens (including phenoxy) is 2. The van der Waals surface area contributed by atoms with Crippen LogP contribution in [0.2, 0.25) is 0 Å². The van der Waals surface area contributed by atoms with Gasteiger partial charge in [-0.2, -0.15) is 0 Å². The summed E-state index contributed by atoms with van der Waals surface area (Å²) in [6, 6.07) is 42.9. The maximum absolute atomic E-state index is 6.23. The number of hydrogen-bond donors (Lipinski definition) is 0. The van der Waals surface area contributed by atoms with E-state index in [1.54, 1.807) is 26.7 Å². The van der Waals surface area contributed by atoms with Crippen LogP contribution in [0.5, 0.6) is 11.5 Å². The van der Waals surface area contributed by atoms with Crippen LogP contribution in [-0.2, 0) is 0 Å². The summed E-state index contributed by atoms with van der Waals surface area (Å²) >= 11 is 0. The van der Waals surface area contributed by atoms with Crippen LogP contribution in [0.15, 0.2) is 137 Å². The molecule has 0 bridgehead atoms. The summed E-state index contributed by atoms with van der Waals surface area (Å²) in [6.45, 7) is 0. The second-order valence-corrected chi connectivity index (χ2v) is 14.5. The normalized spacial score (nSPS) is 12.6. The largest absolute Gasteiger partial charge is 0.496 e. The Labute approximate surface area is 236 Å². The van der Waals surface area contributed by atoms with E-state index in [4.69, 9.17) is 18.3 Å². The van der Waals surface area contributed by atoms with Crippen LogP contribution in [0.25, 0.3) is 22.5 Å². The highest BCUT2D eigenvalue weighted by atomic mass is 32.1. The lowest BCUT2D eigenvalue weighted by molar-refractivity contribution is 0.410. The Morgan fingerprint density at radius 1 is 0.600 bits per heavy atom. The van der Waals surface area contributed by atoms with Gasteiger partial charge in [0, 0.05) is 29.6 Å². The molecule has 0 spiro atoms. The van der Waals surface area contributed by atoms with E-state index in [2.05, 4.69) is 78.9 Å². The molecule has 4 nitrogen and oxygen atoms in total. The fraction of sp³-hybridized carbons (Fsp3) is 0.0588. The number of furan rings is 2. The molecule has 1 radical (unpaired) electrons. The molecule has 40 heavy (non-hydrogen) atoms. The van der Waals surface area contributed by atoms with Crippen molar-refractivity contribution in [1.82, 2.24) is 0 Å². The number of benzene rings is 4. The molecule has 2 atom stereocenters. The Morgan fingerprint density at radius 2 is 1.32 bits per heavy atom. The maximum Gasteiger partial charge on any atom is 0.134 e. The molecule has 0 saturated carbocycles. The SMILES string of the molecule is COc1ccc[c]c1-c1c(OC)cccc1[P@](c1ccco1)P(c1ccccc1)c1ccc(-c2ccco2)cc1. The Kier molecular flexibility index (Phi) is 7.82. The Balaban J connectivity index is 1.60. The topological polar surface area (TPSA) is 44.7 Å². The highest BCUT2D eigenvalue weighted by Crippen LogP contribution is 2.67. The van der Waals surface area contributed by atoms with Crippen molar-refractivity contribution in [3.63, 3.8) is 0 Å². The second kappa shape index (κ2) is 12.0. The van der Waals surface area contributed by atoms with Crippen LogP contribution in [0.1, 0.15) is 0 Å². The standard InChI is InChI=1S/C34H27O4P2/c1-35-30-14-7-6-13-28(30)34-31(36-2)15-8-17-32(34)40(33-18-10-24-38-33)39(26-11-4-3-5-12-26)27-21-19-25(20-22-27)29-16-9-23-37-29/h3-12,14-24H,1-2H3/t39?,40-/m1/s1. The zero-order valence-electron chi connectivity index (χ0n) is 22.2. The number of rotatable bonds is 9. The molecule has 6 heteroatoms. The fourth-order valence-electron chi connectivity index (χ4n) is 4.78. The Morgan fingerprint density at radius 3 is 2.02 bits per heavy atom. The van der Waals surface area contributed by atoms with Gasteiger partial charge in [0.25, 0.3) is 0 Å². The van der Waals surface area contributed by atoms with E-state index in [-0.39, 0.29) is 0 Å². The van der Waals surface area contributed by atoms with Crippen molar-refractivity contribution in [1.29, 1.82) is 0 Å². The summed E-state index contributed by atoms with van der Waals surface area (Å²) in [6.07, 6.45) is 3.47. The minimum absolute atomic E-state index is 0.745. The summed E-state index contributed by atoms with van der Waals surface area (Å²) in [5, 5.41) is 3.66. The summed E-state index contributed by atoms with van der Waals surface area (Å²) in [7, 11) is 1.43. The maximum atomic E-state index is 6.23. The predicted octanol–water partition coefficient (Wildman–Crippen LogP) is 7.50. The molecule has 0 aliphatic carbocycles. The van der Waals surface area contributed by atoms with Crippen LogP contribution in [0.4, 0.5) is 0 Å². The molecule has 2 heterocycles. The minimum atomic E-state index is -1.05. The molecule has 2 aromatic heterocycles. The fourth-order valence-corrected chi connectivity index (χ4v) is 12.4. The predicted molar refractivity (Wildman–Crippen MR) is 165 cm³/mol. The lowest BCUT2D eigenvalue weighted by Crippen LogP contribution is -2.21. The molecule has 0 amide bonds. The monoisotopic (exact) mass is 561 g/mol. The first-order valence-corrected chi connectivity index (χ1v) is 16.2. The van der Waals surface area contributed by atoms with Crippen molar-refractivity contribution in [2.45, 2.75) is 0 Å². The van der Waals surface area contributed by atoms with E-state index in [0.29, 0.717) is 0 Å². The van der Waals surface area contributed by atoms with Crippen molar-refractivity contribution in [3.05, 3.63) is 134 Å². The molecule has 0 aliphatic rings. The van der Waals surface area contributed by atoms with E-state index >= 15 is 0 Å². The third-order valence-corrected chi connectivity index (χ3v) is 13.9. The first kappa shape index (κ1) is 26.1. The van der Waals surface area contributed by atoms with Gasteiger partial charge in [-0.05, 0) is 60.7 Å². The summed E-state index contributed by atoms with van der Waals surface area (Å²) in [4.78, 5) is 0. The van der Waals surface area contributed by atoms with Gasteiger partial charge in [-0.1, -0.05) is 78.9 Å². The van der Waals surface area contributed by atoms with Crippen molar-refractivity contribution >= 4 is 36.6 Å². The van der Waals surface area contributed by atoms with Crippen molar-refractivity contribution in [2.24, 2.45) is 0 Å². The van der Waals surface area contributed by atoms with Crippen molar-refractivity contribution in [3.8, 4) is 33.9 Å². The average molecular weight is 562 g/mol. The van der Waals surface area contributed by atoms with Crippen LogP contribution in [0, 0.1) is 6.07 Å². The first-order valence-electron chi connectivity index (χ1n) is 12.8. The van der Waals surface area contributed by atoms with Crippen LogP contribution >= 0.6 is 15.2 Å². The molecule has 0 N–H and O–H groups in total. The summed E-state index contributed by atoms with van der Waals surface area (Å²) in [5.41, 5.74) is 3.84. The number of methoxy groups -OCH3 is 2. The summed E-state index contributed by atoms with van der Waals surface area (Å²) in [5.74, 6) is 2.37. The molecule has 0 fully saturated rings. The van der Waals surface area contributed by atoms with Gasteiger partial charge in [-0.25, -0.2) is 0 Å². The van der Waals surface area contributed by atoms with Crippen molar-refractivity contribution in [2.75, 3.05) is 14.2 Å². The molecule has 1 unspecified atom stereocenters. The van der Waals surface area contributed by atoms with Crippen molar-refractivity contribution < 1.29 is 18.3 Å². The minimum Gasteiger partial charge on any atom is -0.496 e. The lowest BCUT2D eigenvalue weighted by Gasteiger charge is -2.30. The smallest absolute Gasteiger partial charge is 0.134 e. The van der Waals surface area contributed by atoms with Gasteiger partial charge in [0.1, 0.15) is 22.8 Å². The lowest BCUT2D eigenvalue weighted by atomic mass is 10.0. The van der Waals surface area contributed by atoms with Gasteiger partial charge >= 0.3 is 0 Å². The quantitative estimate of drug-likeness (QED) is 0.172. The molecule has 6 rings (SSSR count). The highest BCUT2D eigenvalue weighted by Gasteiger charge is 2.33. The van der Waals surface area contributed by atoms with Crippen LogP contribution in [0.3, 0.4) is 0 Å².